The van der Waals surface area contributed by atoms with Gasteiger partial charge in [0, 0.05) is 25.0 Å². The molecule has 0 radical (unpaired) electrons. The van der Waals surface area contributed by atoms with Crippen LogP contribution in [0.3, 0.4) is 0 Å². The summed E-state index contributed by atoms with van der Waals surface area (Å²) < 4.78 is 2.12. The third kappa shape index (κ3) is 4.34. The zero-order chi connectivity index (χ0) is 20.3. The SMILES string of the molecule is CC[C@H](NN1CN=C(NCc2cccnc2)c2ncn(C(C)C)c21)C(C)(C)O. The largest absolute Gasteiger partial charge is 0.389 e. The molecule has 1 aliphatic heterocycles. The third-order valence-corrected chi connectivity index (χ3v) is 4.93. The fourth-order valence-corrected chi connectivity index (χ4v) is 3.32. The van der Waals surface area contributed by atoms with Crippen molar-refractivity contribution in [3.63, 3.8) is 0 Å². The Kier molecular flexibility index (Phi) is 6.00. The van der Waals surface area contributed by atoms with E-state index in [1.807, 2.05) is 43.5 Å². The van der Waals surface area contributed by atoms with E-state index in [1.165, 1.54) is 0 Å². The summed E-state index contributed by atoms with van der Waals surface area (Å²) in [6.45, 7) is 11.0. The minimum absolute atomic E-state index is 0.101. The van der Waals surface area contributed by atoms with Crippen molar-refractivity contribution < 1.29 is 5.11 Å². The van der Waals surface area contributed by atoms with Gasteiger partial charge in [0.1, 0.15) is 12.4 Å². The first-order chi connectivity index (χ1) is 13.3. The maximum Gasteiger partial charge on any atom is 0.156 e. The molecule has 0 unspecified atom stereocenters. The molecule has 8 nitrogen and oxygen atoms in total. The van der Waals surface area contributed by atoms with Gasteiger partial charge in [-0.25, -0.2) is 15.4 Å². The number of pyridine rings is 1. The lowest BCUT2D eigenvalue weighted by Crippen LogP contribution is -2.56. The maximum absolute atomic E-state index is 10.5. The highest BCUT2D eigenvalue weighted by Crippen LogP contribution is 2.27. The molecule has 8 heteroatoms. The van der Waals surface area contributed by atoms with Gasteiger partial charge < -0.3 is 15.0 Å². The summed E-state index contributed by atoms with van der Waals surface area (Å²) in [5.74, 6) is 1.73. The summed E-state index contributed by atoms with van der Waals surface area (Å²) in [5, 5.41) is 15.9. The van der Waals surface area contributed by atoms with Crippen molar-refractivity contribution in [2.75, 3.05) is 11.7 Å². The number of imidazole rings is 1. The van der Waals surface area contributed by atoms with Crippen LogP contribution in [-0.4, -0.2) is 43.8 Å². The van der Waals surface area contributed by atoms with Crippen LogP contribution in [0.2, 0.25) is 0 Å². The number of fused-ring (bicyclic) bond motifs is 1. The summed E-state index contributed by atoms with van der Waals surface area (Å²) in [4.78, 5) is 13.5. The Morgan fingerprint density at radius 2 is 2.11 bits per heavy atom. The van der Waals surface area contributed by atoms with Crippen molar-refractivity contribution in [1.29, 1.82) is 0 Å². The molecule has 2 aromatic rings. The van der Waals surface area contributed by atoms with Gasteiger partial charge in [-0.3, -0.25) is 9.99 Å². The van der Waals surface area contributed by atoms with E-state index in [-0.39, 0.29) is 12.1 Å². The fourth-order valence-electron chi connectivity index (χ4n) is 3.32. The van der Waals surface area contributed by atoms with Gasteiger partial charge >= 0.3 is 0 Å². The van der Waals surface area contributed by atoms with Crippen molar-refractivity contribution in [2.45, 2.75) is 65.3 Å². The second-order valence-electron chi connectivity index (χ2n) is 7.95. The van der Waals surface area contributed by atoms with Gasteiger partial charge in [-0.1, -0.05) is 13.0 Å². The second kappa shape index (κ2) is 8.28. The molecule has 1 aliphatic rings. The van der Waals surface area contributed by atoms with Crippen LogP contribution < -0.4 is 15.8 Å². The molecule has 0 saturated heterocycles. The molecule has 0 bridgehead atoms. The summed E-state index contributed by atoms with van der Waals surface area (Å²) in [6.07, 6.45) is 6.25. The van der Waals surface area contributed by atoms with Gasteiger partial charge in [0.25, 0.3) is 0 Å². The van der Waals surface area contributed by atoms with Gasteiger partial charge in [0.15, 0.2) is 11.7 Å². The quantitative estimate of drug-likeness (QED) is 0.677. The second-order valence-corrected chi connectivity index (χ2v) is 7.95. The molecule has 3 rings (SSSR count). The standard InChI is InChI=1S/C20H31N7O/c1-6-16(20(4,5)28)25-27-13-24-18(22-11-15-8-7-9-21-10-15)17-19(27)26(12-23-17)14(2)3/h7-10,12,14,16,25,28H,6,11,13H2,1-5H3,(H,22,24)/t16-/m0/s1. The lowest BCUT2D eigenvalue weighted by atomic mass is 9.97. The van der Waals surface area contributed by atoms with Gasteiger partial charge in [0.2, 0.25) is 0 Å². The predicted molar refractivity (Wildman–Crippen MR) is 111 cm³/mol. The highest BCUT2D eigenvalue weighted by molar-refractivity contribution is 6.02. The van der Waals surface area contributed by atoms with Gasteiger partial charge in [0.05, 0.1) is 18.0 Å². The number of anilines is 1. The topological polar surface area (TPSA) is 90.6 Å². The first-order valence-electron chi connectivity index (χ1n) is 9.81. The summed E-state index contributed by atoms with van der Waals surface area (Å²) in [7, 11) is 0. The van der Waals surface area contributed by atoms with Crippen molar-refractivity contribution >= 4 is 11.7 Å². The number of nitrogens with zero attached hydrogens (tertiary/aromatic N) is 5. The first kappa shape index (κ1) is 20.3. The molecular formula is C20H31N7O. The van der Waals surface area contributed by atoms with Crippen LogP contribution in [0.5, 0.6) is 0 Å². The number of aliphatic imine (C=N–C) groups is 1. The molecule has 3 N–H and O–H groups in total. The Morgan fingerprint density at radius 3 is 2.71 bits per heavy atom. The van der Waals surface area contributed by atoms with Crippen LogP contribution in [0.15, 0.2) is 35.8 Å². The molecule has 0 saturated carbocycles. The van der Waals surface area contributed by atoms with Crippen LogP contribution >= 0.6 is 0 Å². The average Bonchev–Trinajstić information content (AvgIpc) is 3.10. The van der Waals surface area contributed by atoms with E-state index in [9.17, 15) is 5.11 Å². The number of amidine groups is 1. The highest BCUT2D eigenvalue weighted by Gasteiger charge is 2.32. The molecule has 0 spiro atoms. The average molecular weight is 386 g/mol. The van der Waals surface area contributed by atoms with Crippen LogP contribution in [0.25, 0.3) is 0 Å². The summed E-state index contributed by atoms with van der Waals surface area (Å²) in [6, 6.07) is 4.10. The molecule has 1 atom stereocenters. The van der Waals surface area contributed by atoms with Crippen LogP contribution in [0, 0.1) is 0 Å². The Morgan fingerprint density at radius 1 is 1.32 bits per heavy atom. The van der Waals surface area contributed by atoms with Crippen molar-refractivity contribution in [3.05, 3.63) is 42.1 Å². The van der Waals surface area contributed by atoms with Crippen LogP contribution in [0.4, 0.5) is 5.82 Å². The number of hydrazine groups is 1. The smallest absolute Gasteiger partial charge is 0.156 e. The van der Waals surface area contributed by atoms with E-state index in [0.717, 1.165) is 29.3 Å². The van der Waals surface area contributed by atoms with Crippen LogP contribution in [-0.2, 0) is 6.54 Å². The van der Waals surface area contributed by atoms with Crippen molar-refractivity contribution in [3.8, 4) is 0 Å². The summed E-state index contributed by atoms with van der Waals surface area (Å²) >= 11 is 0. The van der Waals surface area contributed by atoms with E-state index in [1.54, 1.807) is 6.20 Å². The van der Waals surface area contributed by atoms with E-state index in [0.29, 0.717) is 13.2 Å². The van der Waals surface area contributed by atoms with Gasteiger partial charge in [-0.2, -0.15) is 0 Å². The van der Waals surface area contributed by atoms with E-state index < -0.39 is 5.60 Å². The molecule has 28 heavy (non-hydrogen) atoms. The zero-order valence-electron chi connectivity index (χ0n) is 17.3. The predicted octanol–water partition coefficient (Wildman–Crippen LogP) is 2.23. The number of rotatable bonds is 7. The number of hydrogen-bond donors (Lipinski definition) is 3. The van der Waals surface area contributed by atoms with E-state index in [2.05, 4.69) is 46.0 Å². The highest BCUT2D eigenvalue weighted by atomic mass is 16.3. The number of hydrogen-bond acceptors (Lipinski definition) is 7. The summed E-state index contributed by atoms with van der Waals surface area (Å²) in [5.41, 5.74) is 4.50. The van der Waals surface area contributed by atoms with E-state index >= 15 is 0 Å². The fraction of sp³-hybridized carbons (Fsp3) is 0.550. The van der Waals surface area contributed by atoms with Gasteiger partial charge in [-0.15, -0.1) is 0 Å². The molecule has 3 heterocycles. The molecule has 0 fully saturated rings. The Hall–Kier alpha value is -2.45. The molecule has 0 aromatic carbocycles. The molecule has 0 aliphatic carbocycles. The number of aliphatic hydroxyl groups is 1. The molecular weight excluding hydrogens is 354 g/mol. The molecule has 0 amide bonds. The van der Waals surface area contributed by atoms with E-state index in [4.69, 9.17) is 4.99 Å². The maximum atomic E-state index is 10.5. The van der Waals surface area contributed by atoms with Crippen LogP contribution in [0.1, 0.15) is 58.3 Å². The molecule has 2 aromatic heterocycles. The lowest BCUT2D eigenvalue weighted by molar-refractivity contribution is 0.0347. The van der Waals surface area contributed by atoms with Gasteiger partial charge in [-0.05, 0) is 45.7 Å². The third-order valence-electron chi connectivity index (χ3n) is 4.93. The van der Waals surface area contributed by atoms with Crippen molar-refractivity contribution in [2.24, 2.45) is 4.99 Å². The Labute approximate surface area is 166 Å². The Balaban J connectivity index is 1.85. The normalized spacial score (nSPS) is 15.4. The first-order valence-corrected chi connectivity index (χ1v) is 9.81. The number of nitrogens with one attached hydrogen (secondary N) is 2. The minimum Gasteiger partial charge on any atom is -0.389 e. The monoisotopic (exact) mass is 385 g/mol. The lowest BCUT2D eigenvalue weighted by Gasteiger charge is -2.37. The van der Waals surface area contributed by atoms with Crippen molar-refractivity contribution in [1.82, 2.24) is 25.3 Å². The Bertz CT molecular complexity index is 808. The zero-order valence-corrected chi connectivity index (χ0v) is 17.3. The number of aromatic nitrogens is 3. The molecule has 152 valence electrons. The minimum atomic E-state index is -0.847.